The van der Waals surface area contributed by atoms with Crippen LogP contribution in [0.3, 0.4) is 0 Å². The summed E-state index contributed by atoms with van der Waals surface area (Å²) in [5.41, 5.74) is 0.484. The molecule has 8 heteroatoms. The molecule has 1 saturated carbocycles. The van der Waals surface area contributed by atoms with Gasteiger partial charge in [0.25, 0.3) is 0 Å². The van der Waals surface area contributed by atoms with Crippen LogP contribution in [0.1, 0.15) is 25.7 Å². The SMILES string of the molecule is O=C(OC(=O)N1CCC2(CC1)CC2)N1C=CN2CN=NC2=C1. The van der Waals surface area contributed by atoms with Crippen molar-refractivity contribution >= 4 is 12.2 Å². The summed E-state index contributed by atoms with van der Waals surface area (Å²) >= 11 is 0. The van der Waals surface area contributed by atoms with Gasteiger partial charge < -0.3 is 14.5 Å². The van der Waals surface area contributed by atoms with Gasteiger partial charge in [0.1, 0.15) is 6.67 Å². The van der Waals surface area contributed by atoms with Crippen molar-refractivity contribution in [1.82, 2.24) is 14.7 Å². The Morgan fingerprint density at radius 1 is 1.09 bits per heavy atom. The second-order valence-electron chi connectivity index (χ2n) is 6.17. The van der Waals surface area contributed by atoms with Gasteiger partial charge in [-0.3, -0.25) is 4.90 Å². The Hall–Kier alpha value is -2.38. The van der Waals surface area contributed by atoms with Gasteiger partial charge in [0.05, 0.1) is 6.20 Å². The van der Waals surface area contributed by atoms with Crippen molar-refractivity contribution in [3.05, 3.63) is 24.4 Å². The Balaban J connectivity index is 1.34. The molecule has 1 aliphatic carbocycles. The lowest BCUT2D eigenvalue weighted by Gasteiger charge is -2.31. The maximum absolute atomic E-state index is 12.1. The quantitative estimate of drug-likeness (QED) is 0.644. The van der Waals surface area contributed by atoms with E-state index in [1.165, 1.54) is 30.1 Å². The second-order valence-corrected chi connectivity index (χ2v) is 6.17. The van der Waals surface area contributed by atoms with Crippen LogP contribution in [-0.2, 0) is 4.74 Å². The van der Waals surface area contributed by atoms with Gasteiger partial charge in [-0.05, 0) is 31.1 Å². The average molecular weight is 303 g/mol. The molecule has 1 spiro atoms. The second kappa shape index (κ2) is 4.82. The van der Waals surface area contributed by atoms with Crippen LogP contribution < -0.4 is 0 Å². The number of piperidine rings is 1. The highest BCUT2D eigenvalue weighted by Gasteiger charge is 2.45. The first kappa shape index (κ1) is 13.3. The molecule has 3 aliphatic heterocycles. The molecular weight excluding hydrogens is 286 g/mol. The van der Waals surface area contributed by atoms with Gasteiger partial charge in [-0.1, -0.05) is 0 Å². The Kier molecular flexibility index (Phi) is 2.91. The van der Waals surface area contributed by atoms with E-state index in [2.05, 4.69) is 10.2 Å². The highest BCUT2D eigenvalue weighted by atomic mass is 16.6. The molecule has 2 fully saturated rings. The number of carbonyl (C=O) groups excluding carboxylic acids is 2. The Labute approximate surface area is 127 Å². The van der Waals surface area contributed by atoms with Crippen LogP contribution in [0.25, 0.3) is 0 Å². The number of likely N-dealkylation sites (tertiary alicyclic amines) is 1. The first-order chi connectivity index (χ1) is 10.7. The maximum atomic E-state index is 12.1. The molecule has 0 atom stereocenters. The molecule has 1 saturated heterocycles. The fraction of sp³-hybridized carbons (Fsp3) is 0.571. The Morgan fingerprint density at radius 2 is 1.86 bits per heavy atom. The lowest BCUT2D eigenvalue weighted by Crippen LogP contribution is -2.41. The largest absolute Gasteiger partial charge is 0.427 e. The van der Waals surface area contributed by atoms with E-state index in [1.807, 2.05) is 0 Å². The number of hydrogen-bond donors (Lipinski definition) is 0. The number of carbonyl (C=O) groups is 2. The van der Waals surface area contributed by atoms with E-state index in [4.69, 9.17) is 4.74 Å². The van der Waals surface area contributed by atoms with E-state index >= 15 is 0 Å². The first-order valence-corrected chi connectivity index (χ1v) is 7.49. The minimum Gasteiger partial charge on any atom is -0.359 e. The van der Waals surface area contributed by atoms with Crippen LogP contribution in [0.5, 0.6) is 0 Å². The van der Waals surface area contributed by atoms with Crippen LogP contribution in [0.15, 0.2) is 34.6 Å². The van der Waals surface area contributed by atoms with Crippen LogP contribution in [0, 0.1) is 5.41 Å². The molecule has 0 N–H and O–H groups in total. The minimum atomic E-state index is -0.720. The van der Waals surface area contributed by atoms with Gasteiger partial charge in [-0.15, -0.1) is 5.11 Å². The van der Waals surface area contributed by atoms with Crippen LogP contribution in [0.4, 0.5) is 9.59 Å². The summed E-state index contributed by atoms with van der Waals surface area (Å²) in [4.78, 5) is 28.7. The van der Waals surface area contributed by atoms with E-state index in [1.54, 1.807) is 16.0 Å². The number of nitrogens with zero attached hydrogens (tertiary/aromatic N) is 5. The third-order valence-electron chi connectivity index (χ3n) is 4.77. The van der Waals surface area contributed by atoms with Gasteiger partial charge >= 0.3 is 12.2 Å². The van der Waals surface area contributed by atoms with E-state index in [0.717, 1.165) is 12.8 Å². The Morgan fingerprint density at radius 3 is 2.59 bits per heavy atom. The zero-order valence-corrected chi connectivity index (χ0v) is 12.1. The van der Waals surface area contributed by atoms with Gasteiger partial charge in [-0.25, -0.2) is 9.59 Å². The highest BCUT2D eigenvalue weighted by molar-refractivity contribution is 5.84. The number of azo groups is 1. The lowest BCUT2D eigenvalue weighted by atomic mass is 9.94. The highest BCUT2D eigenvalue weighted by Crippen LogP contribution is 2.53. The predicted octanol–water partition coefficient (Wildman–Crippen LogP) is 2.43. The molecule has 2 amide bonds. The number of hydrogen-bond acceptors (Lipinski definition) is 6. The zero-order valence-electron chi connectivity index (χ0n) is 12.1. The van der Waals surface area contributed by atoms with Crippen molar-refractivity contribution in [3.63, 3.8) is 0 Å². The van der Waals surface area contributed by atoms with Gasteiger partial charge in [0.15, 0.2) is 5.82 Å². The van der Waals surface area contributed by atoms with Crippen LogP contribution in [-0.4, -0.2) is 46.6 Å². The molecule has 116 valence electrons. The van der Waals surface area contributed by atoms with Crippen LogP contribution in [0.2, 0.25) is 0 Å². The van der Waals surface area contributed by atoms with Gasteiger partial charge in [0.2, 0.25) is 0 Å². The summed E-state index contributed by atoms with van der Waals surface area (Å²) in [7, 11) is 0. The van der Waals surface area contributed by atoms with Crippen molar-refractivity contribution in [2.75, 3.05) is 19.8 Å². The van der Waals surface area contributed by atoms with Crippen LogP contribution >= 0.6 is 0 Å². The molecule has 0 aromatic rings. The van der Waals surface area contributed by atoms with E-state index < -0.39 is 12.2 Å². The van der Waals surface area contributed by atoms with E-state index in [0.29, 0.717) is 31.0 Å². The topological polar surface area (TPSA) is 77.8 Å². The van der Waals surface area contributed by atoms with E-state index in [9.17, 15) is 9.59 Å². The number of rotatable bonds is 0. The van der Waals surface area contributed by atoms with Crippen molar-refractivity contribution in [2.24, 2.45) is 15.6 Å². The summed E-state index contributed by atoms with van der Waals surface area (Å²) < 4.78 is 4.95. The zero-order chi connectivity index (χ0) is 15.2. The molecule has 0 aromatic carbocycles. The smallest absolute Gasteiger partial charge is 0.359 e. The Bertz CT molecular complexity index is 598. The molecule has 4 rings (SSSR count). The molecule has 0 aromatic heterocycles. The molecule has 0 radical (unpaired) electrons. The van der Waals surface area contributed by atoms with Gasteiger partial charge in [0, 0.05) is 25.5 Å². The van der Waals surface area contributed by atoms with Crippen molar-refractivity contribution in [1.29, 1.82) is 0 Å². The fourth-order valence-corrected chi connectivity index (χ4v) is 2.99. The fourth-order valence-electron chi connectivity index (χ4n) is 2.99. The number of ether oxygens (including phenoxy) is 1. The minimum absolute atomic E-state index is 0.444. The average Bonchev–Trinajstić information content (AvgIpc) is 3.11. The van der Waals surface area contributed by atoms with Crippen molar-refractivity contribution < 1.29 is 14.3 Å². The normalized spacial score (nSPS) is 24.4. The third kappa shape index (κ3) is 2.34. The molecular formula is C14H17N5O3. The molecule has 3 heterocycles. The summed E-state index contributed by atoms with van der Waals surface area (Å²) in [6.45, 7) is 1.79. The number of fused-ring (bicyclic) bond motifs is 1. The summed E-state index contributed by atoms with van der Waals surface area (Å²) in [6.07, 6.45) is 7.99. The summed E-state index contributed by atoms with van der Waals surface area (Å²) in [6, 6.07) is 0. The molecule has 22 heavy (non-hydrogen) atoms. The lowest BCUT2D eigenvalue weighted by molar-refractivity contribution is 0.0932. The van der Waals surface area contributed by atoms with Gasteiger partial charge in [-0.2, -0.15) is 5.11 Å². The van der Waals surface area contributed by atoms with Crippen molar-refractivity contribution in [3.8, 4) is 0 Å². The van der Waals surface area contributed by atoms with Crippen molar-refractivity contribution in [2.45, 2.75) is 25.7 Å². The molecule has 8 nitrogen and oxygen atoms in total. The summed E-state index contributed by atoms with van der Waals surface area (Å²) in [5, 5.41) is 7.75. The monoisotopic (exact) mass is 303 g/mol. The maximum Gasteiger partial charge on any atom is 0.427 e. The molecule has 0 bridgehead atoms. The molecule has 4 aliphatic rings. The standard InChI is InChI=1S/C14H17N5O3/c20-12(17-5-3-14(1-2-14)4-6-17)22-13(21)18-7-8-19-10-15-16-11(19)9-18/h7-9H,1-6,10H2. The molecule has 0 unspecified atom stereocenters. The third-order valence-corrected chi connectivity index (χ3v) is 4.77. The predicted molar refractivity (Wildman–Crippen MR) is 75.0 cm³/mol. The summed E-state index contributed by atoms with van der Waals surface area (Å²) in [5.74, 6) is 0.556. The number of amides is 2. The van der Waals surface area contributed by atoms with E-state index in [-0.39, 0.29) is 0 Å². The first-order valence-electron chi connectivity index (χ1n) is 7.49.